The number of carbonyl (C=O) groups is 1. The van der Waals surface area contributed by atoms with Crippen LogP contribution in [0.15, 0.2) is 46.6 Å². The lowest BCUT2D eigenvalue weighted by molar-refractivity contribution is -0.144. The number of rotatable bonds is 1. The zero-order chi connectivity index (χ0) is 16.2. The molecule has 0 saturated heterocycles. The highest BCUT2D eigenvalue weighted by molar-refractivity contribution is 5.80. The number of hydrogen-bond acceptors (Lipinski definition) is 2. The third-order valence-corrected chi connectivity index (χ3v) is 6.74. The van der Waals surface area contributed by atoms with Crippen molar-refractivity contribution >= 4 is 5.97 Å². The number of esters is 1. The summed E-state index contributed by atoms with van der Waals surface area (Å²) in [4.78, 5) is 12.6. The molecule has 2 nitrogen and oxygen atoms in total. The quantitative estimate of drug-likeness (QED) is 0.468. The van der Waals surface area contributed by atoms with E-state index in [0.29, 0.717) is 0 Å². The summed E-state index contributed by atoms with van der Waals surface area (Å²) in [6, 6.07) is 0. The van der Waals surface area contributed by atoms with Crippen LogP contribution in [-0.2, 0) is 9.53 Å². The predicted octanol–water partition coefficient (Wildman–Crippen LogP) is 5.52. The zero-order valence-electron chi connectivity index (χ0n) is 14.4. The lowest BCUT2D eigenvalue weighted by atomic mass is 9.55. The first kappa shape index (κ1) is 17.3. The molecular formula is C22H30O2. The van der Waals surface area contributed by atoms with E-state index in [1.807, 2.05) is 0 Å². The van der Waals surface area contributed by atoms with Crippen molar-refractivity contribution in [2.45, 2.75) is 59.8 Å². The molecule has 0 aliphatic heterocycles. The van der Waals surface area contributed by atoms with E-state index in [1.54, 1.807) is 0 Å². The van der Waals surface area contributed by atoms with Crippen molar-refractivity contribution in [3.63, 3.8) is 0 Å². The zero-order valence-corrected chi connectivity index (χ0v) is 14.4. The molecule has 0 aromatic carbocycles. The van der Waals surface area contributed by atoms with Crippen molar-refractivity contribution in [2.75, 3.05) is 7.11 Å². The van der Waals surface area contributed by atoms with Gasteiger partial charge < -0.3 is 4.74 Å². The standard InChI is InChI=1S/C21H26O2.CH4/c1-20-10-6-8-16(20)18-15(19(22)23-3)13-14-7-4-5-11-21(14,2)17(18)9-12-20;/h5,7-8,11,15H,4,6,9-10,12-13H2,1-3H3;1H4/t15-,20+,21+;/m1./s1. The van der Waals surface area contributed by atoms with Crippen LogP contribution < -0.4 is 0 Å². The van der Waals surface area contributed by atoms with E-state index >= 15 is 0 Å². The number of carbonyl (C=O) groups excluding carboxylic acids is 1. The lowest BCUT2D eigenvalue weighted by Gasteiger charge is -2.49. The number of hydrogen-bond donors (Lipinski definition) is 0. The van der Waals surface area contributed by atoms with Crippen molar-refractivity contribution in [3.05, 3.63) is 46.6 Å². The molecule has 0 fully saturated rings. The van der Waals surface area contributed by atoms with Gasteiger partial charge in [0.2, 0.25) is 0 Å². The van der Waals surface area contributed by atoms with Gasteiger partial charge in [0.25, 0.3) is 0 Å². The first-order chi connectivity index (χ1) is 11.0. The molecule has 0 spiro atoms. The average Bonchev–Trinajstić information content (AvgIpc) is 2.94. The Kier molecular flexibility index (Phi) is 4.14. The van der Waals surface area contributed by atoms with E-state index in [0.717, 1.165) is 25.7 Å². The van der Waals surface area contributed by atoms with Gasteiger partial charge in [-0.3, -0.25) is 4.79 Å². The van der Waals surface area contributed by atoms with E-state index < -0.39 is 0 Å². The van der Waals surface area contributed by atoms with E-state index in [1.165, 1.54) is 42.2 Å². The molecule has 4 rings (SSSR count). The first-order valence-corrected chi connectivity index (χ1v) is 8.89. The molecule has 0 radical (unpaired) electrons. The average molecular weight is 326 g/mol. The SMILES string of the molecule is C.COC(=O)[C@@H]1CC2=CCC=C[C@]2(C)C2=C1C1=CCC[C@@]1(C)CC2. The maximum absolute atomic E-state index is 12.6. The van der Waals surface area contributed by atoms with Crippen molar-refractivity contribution in [1.29, 1.82) is 0 Å². The second kappa shape index (κ2) is 5.75. The molecule has 4 aliphatic rings. The molecular weight excluding hydrogens is 296 g/mol. The summed E-state index contributed by atoms with van der Waals surface area (Å²) in [5, 5.41) is 0. The van der Waals surface area contributed by atoms with E-state index in [9.17, 15) is 4.79 Å². The van der Waals surface area contributed by atoms with Crippen LogP contribution in [0.2, 0.25) is 0 Å². The van der Waals surface area contributed by atoms with Crippen molar-refractivity contribution < 1.29 is 9.53 Å². The maximum atomic E-state index is 12.6. The summed E-state index contributed by atoms with van der Waals surface area (Å²) < 4.78 is 5.19. The molecule has 3 atom stereocenters. The van der Waals surface area contributed by atoms with E-state index in [2.05, 4.69) is 38.2 Å². The highest BCUT2D eigenvalue weighted by Gasteiger charge is 2.50. The molecule has 130 valence electrons. The minimum atomic E-state index is -0.107. The molecule has 0 N–H and O–H groups in total. The molecule has 4 aliphatic carbocycles. The molecule has 24 heavy (non-hydrogen) atoms. The van der Waals surface area contributed by atoms with Crippen molar-refractivity contribution in [2.24, 2.45) is 16.7 Å². The summed E-state index contributed by atoms with van der Waals surface area (Å²) >= 11 is 0. The highest BCUT2D eigenvalue weighted by atomic mass is 16.5. The number of ether oxygens (including phenoxy) is 1. The molecule has 0 unspecified atom stereocenters. The Hall–Kier alpha value is -1.57. The van der Waals surface area contributed by atoms with Gasteiger partial charge in [0.1, 0.15) is 0 Å². The fraction of sp³-hybridized carbons (Fsp3) is 0.591. The Balaban J connectivity index is 0.00000169. The fourth-order valence-corrected chi connectivity index (χ4v) is 5.33. The van der Waals surface area contributed by atoms with Crippen LogP contribution in [0.5, 0.6) is 0 Å². The van der Waals surface area contributed by atoms with Crippen LogP contribution >= 0.6 is 0 Å². The summed E-state index contributed by atoms with van der Waals surface area (Å²) in [6.45, 7) is 4.73. The molecule has 0 saturated carbocycles. The summed E-state index contributed by atoms with van der Waals surface area (Å²) in [7, 11) is 1.52. The number of fused-ring (bicyclic) bond motifs is 4. The minimum absolute atomic E-state index is 0. The monoisotopic (exact) mass is 326 g/mol. The Bertz CT molecular complexity index is 691. The Morgan fingerprint density at radius 3 is 2.79 bits per heavy atom. The van der Waals surface area contributed by atoms with Crippen molar-refractivity contribution in [1.82, 2.24) is 0 Å². The molecule has 2 heteroatoms. The van der Waals surface area contributed by atoms with Gasteiger partial charge in [0.15, 0.2) is 0 Å². The second-order valence-electron chi connectivity index (χ2n) is 7.96. The van der Waals surface area contributed by atoms with Gasteiger partial charge in [-0.25, -0.2) is 0 Å². The molecule has 0 heterocycles. The summed E-state index contributed by atoms with van der Waals surface area (Å²) in [6.07, 6.45) is 15.9. The third-order valence-electron chi connectivity index (χ3n) is 6.74. The topological polar surface area (TPSA) is 26.3 Å². The van der Waals surface area contributed by atoms with Crippen LogP contribution in [0.1, 0.15) is 59.8 Å². The third kappa shape index (κ3) is 2.18. The van der Waals surface area contributed by atoms with Gasteiger partial charge in [0.05, 0.1) is 13.0 Å². The van der Waals surface area contributed by atoms with Crippen molar-refractivity contribution in [3.8, 4) is 0 Å². The van der Waals surface area contributed by atoms with E-state index in [-0.39, 0.29) is 30.1 Å². The van der Waals surface area contributed by atoms with Gasteiger partial charge in [0, 0.05) is 5.41 Å². The Labute approximate surface area is 146 Å². The van der Waals surface area contributed by atoms with Crippen LogP contribution in [0, 0.1) is 16.7 Å². The normalized spacial score (nSPS) is 36.7. The largest absolute Gasteiger partial charge is 0.469 e. The van der Waals surface area contributed by atoms with Gasteiger partial charge in [-0.2, -0.15) is 0 Å². The molecule has 0 aromatic rings. The highest BCUT2D eigenvalue weighted by Crippen LogP contribution is 2.61. The van der Waals surface area contributed by atoms with Crippen LogP contribution in [0.4, 0.5) is 0 Å². The number of methoxy groups -OCH3 is 1. The van der Waals surface area contributed by atoms with Gasteiger partial charge in [-0.05, 0) is 62.0 Å². The maximum Gasteiger partial charge on any atom is 0.313 e. The molecule has 0 amide bonds. The predicted molar refractivity (Wildman–Crippen MR) is 98.5 cm³/mol. The first-order valence-electron chi connectivity index (χ1n) is 8.89. The van der Waals surface area contributed by atoms with Gasteiger partial charge in [-0.15, -0.1) is 0 Å². The summed E-state index contributed by atoms with van der Waals surface area (Å²) in [5.74, 6) is -0.170. The summed E-state index contributed by atoms with van der Waals surface area (Å²) in [5.41, 5.74) is 5.95. The van der Waals surface area contributed by atoms with Crippen LogP contribution in [-0.4, -0.2) is 13.1 Å². The van der Waals surface area contributed by atoms with Crippen LogP contribution in [0.25, 0.3) is 0 Å². The van der Waals surface area contributed by atoms with Crippen LogP contribution in [0.3, 0.4) is 0 Å². The van der Waals surface area contributed by atoms with Gasteiger partial charge in [-0.1, -0.05) is 49.8 Å². The van der Waals surface area contributed by atoms with E-state index in [4.69, 9.17) is 4.74 Å². The number of allylic oxidation sites excluding steroid dienone is 7. The second-order valence-corrected chi connectivity index (χ2v) is 7.96. The Morgan fingerprint density at radius 2 is 2.04 bits per heavy atom. The molecule has 0 aromatic heterocycles. The van der Waals surface area contributed by atoms with Gasteiger partial charge >= 0.3 is 5.97 Å². The smallest absolute Gasteiger partial charge is 0.313 e. The minimum Gasteiger partial charge on any atom is -0.469 e. The fourth-order valence-electron chi connectivity index (χ4n) is 5.33. The Morgan fingerprint density at radius 1 is 1.25 bits per heavy atom. The lowest BCUT2D eigenvalue weighted by Crippen LogP contribution is -2.39. The molecule has 0 bridgehead atoms.